The van der Waals surface area contributed by atoms with Gasteiger partial charge in [-0.2, -0.15) is 0 Å². The zero-order valence-corrected chi connectivity index (χ0v) is 13.2. The van der Waals surface area contributed by atoms with Crippen molar-refractivity contribution in [1.82, 2.24) is 10.2 Å². The van der Waals surface area contributed by atoms with Gasteiger partial charge >= 0.3 is 0 Å². The van der Waals surface area contributed by atoms with Crippen LogP contribution in [0.5, 0.6) is 5.75 Å². The average molecular weight is 320 g/mol. The predicted octanol–water partition coefficient (Wildman–Crippen LogP) is 2.59. The molecule has 1 atom stereocenters. The molecular weight excluding hydrogens is 302 g/mol. The standard InChI is InChI=1S/C16H18ClN3O2/c1-21-13-4-2-3-12(9-13)10-14-11-20(7-8-22-14)16-6-5-15(17)18-19-16/h2-6,9,14H,7-8,10-11H2,1H3/t14-/m0/s1. The summed E-state index contributed by atoms with van der Waals surface area (Å²) in [5.41, 5.74) is 1.20. The highest BCUT2D eigenvalue weighted by atomic mass is 35.5. The lowest BCUT2D eigenvalue weighted by atomic mass is 10.1. The summed E-state index contributed by atoms with van der Waals surface area (Å²) in [7, 11) is 1.68. The summed E-state index contributed by atoms with van der Waals surface area (Å²) in [5.74, 6) is 1.71. The van der Waals surface area contributed by atoms with E-state index in [1.165, 1.54) is 5.56 Å². The summed E-state index contributed by atoms with van der Waals surface area (Å²) in [5, 5.41) is 8.45. The van der Waals surface area contributed by atoms with Crippen molar-refractivity contribution in [3.63, 3.8) is 0 Å². The second kappa shape index (κ2) is 6.94. The number of aromatic nitrogens is 2. The van der Waals surface area contributed by atoms with Crippen LogP contribution >= 0.6 is 11.6 Å². The van der Waals surface area contributed by atoms with E-state index in [-0.39, 0.29) is 6.10 Å². The van der Waals surface area contributed by atoms with Gasteiger partial charge in [0.15, 0.2) is 11.0 Å². The lowest BCUT2D eigenvalue weighted by molar-refractivity contribution is 0.0407. The van der Waals surface area contributed by atoms with Crippen molar-refractivity contribution >= 4 is 17.4 Å². The molecule has 1 fully saturated rings. The minimum atomic E-state index is 0.123. The Morgan fingerprint density at radius 3 is 3.00 bits per heavy atom. The third-order valence-corrected chi connectivity index (χ3v) is 3.88. The Labute approximate surface area is 134 Å². The molecule has 1 saturated heterocycles. The number of methoxy groups -OCH3 is 1. The minimum Gasteiger partial charge on any atom is -0.497 e. The number of hydrogen-bond donors (Lipinski definition) is 0. The first-order valence-corrected chi connectivity index (χ1v) is 7.61. The summed E-state index contributed by atoms with van der Waals surface area (Å²) in [6.07, 6.45) is 0.965. The summed E-state index contributed by atoms with van der Waals surface area (Å²) in [4.78, 5) is 2.18. The van der Waals surface area contributed by atoms with Crippen LogP contribution in [0.2, 0.25) is 5.15 Å². The van der Waals surface area contributed by atoms with Crippen LogP contribution in [0.25, 0.3) is 0 Å². The molecule has 5 nitrogen and oxygen atoms in total. The van der Waals surface area contributed by atoms with Gasteiger partial charge in [-0.05, 0) is 29.8 Å². The van der Waals surface area contributed by atoms with E-state index in [1.807, 2.05) is 24.3 Å². The SMILES string of the molecule is COc1cccc(C[C@H]2CN(c3ccc(Cl)nn3)CCO2)c1. The molecule has 1 aromatic heterocycles. The predicted molar refractivity (Wildman–Crippen MR) is 85.7 cm³/mol. The highest BCUT2D eigenvalue weighted by molar-refractivity contribution is 6.29. The zero-order chi connectivity index (χ0) is 15.4. The number of ether oxygens (including phenoxy) is 2. The van der Waals surface area contributed by atoms with Crippen LogP contribution in [-0.2, 0) is 11.2 Å². The molecule has 2 heterocycles. The Balaban J connectivity index is 1.66. The number of nitrogens with zero attached hydrogens (tertiary/aromatic N) is 3. The molecule has 6 heteroatoms. The fourth-order valence-electron chi connectivity index (χ4n) is 2.59. The molecule has 0 aliphatic carbocycles. The van der Waals surface area contributed by atoms with Gasteiger partial charge in [-0.25, -0.2) is 0 Å². The molecule has 3 rings (SSSR count). The van der Waals surface area contributed by atoms with E-state index in [0.29, 0.717) is 11.8 Å². The third-order valence-electron chi connectivity index (χ3n) is 3.68. The van der Waals surface area contributed by atoms with E-state index in [2.05, 4.69) is 21.2 Å². The van der Waals surface area contributed by atoms with Crippen molar-refractivity contribution in [2.24, 2.45) is 0 Å². The fourth-order valence-corrected chi connectivity index (χ4v) is 2.69. The van der Waals surface area contributed by atoms with Gasteiger partial charge in [0, 0.05) is 19.5 Å². The zero-order valence-electron chi connectivity index (χ0n) is 12.4. The molecular formula is C16H18ClN3O2. The van der Waals surface area contributed by atoms with E-state index in [9.17, 15) is 0 Å². The van der Waals surface area contributed by atoms with Gasteiger partial charge in [0.1, 0.15) is 5.75 Å². The van der Waals surface area contributed by atoms with Crippen molar-refractivity contribution < 1.29 is 9.47 Å². The molecule has 116 valence electrons. The molecule has 1 aromatic carbocycles. The van der Waals surface area contributed by atoms with E-state index in [0.717, 1.165) is 31.1 Å². The molecule has 0 amide bonds. The highest BCUT2D eigenvalue weighted by Crippen LogP contribution is 2.20. The van der Waals surface area contributed by atoms with Gasteiger partial charge in [-0.3, -0.25) is 0 Å². The highest BCUT2D eigenvalue weighted by Gasteiger charge is 2.22. The van der Waals surface area contributed by atoms with E-state index >= 15 is 0 Å². The second-order valence-electron chi connectivity index (χ2n) is 5.21. The molecule has 0 bridgehead atoms. The number of anilines is 1. The van der Waals surface area contributed by atoms with Gasteiger partial charge in [-0.15, -0.1) is 10.2 Å². The minimum absolute atomic E-state index is 0.123. The molecule has 22 heavy (non-hydrogen) atoms. The average Bonchev–Trinajstić information content (AvgIpc) is 2.56. The topological polar surface area (TPSA) is 47.5 Å². The van der Waals surface area contributed by atoms with Crippen LogP contribution < -0.4 is 9.64 Å². The van der Waals surface area contributed by atoms with Crippen molar-refractivity contribution in [1.29, 1.82) is 0 Å². The Bertz CT molecular complexity index is 621. The lowest BCUT2D eigenvalue weighted by Gasteiger charge is -2.33. The molecule has 0 spiro atoms. The van der Waals surface area contributed by atoms with Crippen LogP contribution in [0.4, 0.5) is 5.82 Å². The number of benzene rings is 1. The summed E-state index contributed by atoms with van der Waals surface area (Å²) in [6.45, 7) is 2.28. The van der Waals surface area contributed by atoms with E-state index in [4.69, 9.17) is 21.1 Å². The molecule has 0 saturated carbocycles. The van der Waals surface area contributed by atoms with E-state index in [1.54, 1.807) is 13.2 Å². The van der Waals surface area contributed by atoms with Crippen molar-refractivity contribution in [2.45, 2.75) is 12.5 Å². The molecule has 0 N–H and O–H groups in total. The first-order chi connectivity index (χ1) is 10.7. The van der Waals surface area contributed by atoms with Crippen LogP contribution in [0.15, 0.2) is 36.4 Å². The molecule has 1 aliphatic rings. The number of halogens is 1. The summed E-state index contributed by atoms with van der Waals surface area (Å²) < 4.78 is 11.1. The summed E-state index contributed by atoms with van der Waals surface area (Å²) >= 11 is 5.79. The van der Waals surface area contributed by atoms with Gasteiger partial charge in [0.2, 0.25) is 0 Å². The quantitative estimate of drug-likeness (QED) is 0.867. The van der Waals surface area contributed by atoms with Crippen LogP contribution in [0.3, 0.4) is 0 Å². The van der Waals surface area contributed by atoms with Crippen LogP contribution in [0.1, 0.15) is 5.56 Å². The molecule has 0 unspecified atom stereocenters. The van der Waals surface area contributed by atoms with Gasteiger partial charge < -0.3 is 14.4 Å². The van der Waals surface area contributed by atoms with Crippen LogP contribution in [-0.4, -0.2) is 43.1 Å². The summed E-state index contributed by atoms with van der Waals surface area (Å²) in [6, 6.07) is 11.7. The van der Waals surface area contributed by atoms with E-state index < -0.39 is 0 Å². The first-order valence-electron chi connectivity index (χ1n) is 7.23. The second-order valence-corrected chi connectivity index (χ2v) is 5.60. The fraction of sp³-hybridized carbons (Fsp3) is 0.375. The Morgan fingerprint density at radius 2 is 2.23 bits per heavy atom. The lowest BCUT2D eigenvalue weighted by Crippen LogP contribution is -2.43. The van der Waals surface area contributed by atoms with Crippen molar-refractivity contribution in [2.75, 3.05) is 31.7 Å². The van der Waals surface area contributed by atoms with Crippen LogP contribution in [0, 0.1) is 0 Å². The smallest absolute Gasteiger partial charge is 0.151 e. The van der Waals surface area contributed by atoms with Crippen molar-refractivity contribution in [3.05, 3.63) is 47.1 Å². The molecule has 0 radical (unpaired) electrons. The Morgan fingerprint density at radius 1 is 1.32 bits per heavy atom. The maximum Gasteiger partial charge on any atom is 0.151 e. The Hall–Kier alpha value is -1.85. The first kappa shape index (κ1) is 15.1. The molecule has 2 aromatic rings. The molecule has 1 aliphatic heterocycles. The van der Waals surface area contributed by atoms with Crippen molar-refractivity contribution in [3.8, 4) is 5.75 Å². The largest absolute Gasteiger partial charge is 0.497 e. The normalized spacial score (nSPS) is 18.3. The number of rotatable bonds is 4. The van der Waals surface area contributed by atoms with Gasteiger partial charge in [-0.1, -0.05) is 23.7 Å². The maximum absolute atomic E-state index is 5.87. The maximum atomic E-state index is 5.87. The third kappa shape index (κ3) is 3.67. The number of morpholine rings is 1. The number of hydrogen-bond acceptors (Lipinski definition) is 5. The monoisotopic (exact) mass is 319 g/mol. The van der Waals surface area contributed by atoms with Gasteiger partial charge in [0.25, 0.3) is 0 Å². The Kier molecular flexibility index (Phi) is 4.75. The van der Waals surface area contributed by atoms with Gasteiger partial charge in [0.05, 0.1) is 19.8 Å².